The van der Waals surface area contributed by atoms with Crippen molar-refractivity contribution in [2.75, 3.05) is 37.3 Å². The van der Waals surface area contributed by atoms with Crippen LogP contribution in [0.5, 0.6) is 0 Å². The molecule has 0 radical (unpaired) electrons. The van der Waals surface area contributed by atoms with Gasteiger partial charge in [-0.2, -0.15) is 0 Å². The summed E-state index contributed by atoms with van der Waals surface area (Å²) in [6.07, 6.45) is 6.46. The molecular weight excluding hydrogens is 462 g/mol. The summed E-state index contributed by atoms with van der Waals surface area (Å²) in [5.41, 5.74) is 10.9. The maximum absolute atomic E-state index is 13.1. The van der Waals surface area contributed by atoms with Gasteiger partial charge in [-0.1, -0.05) is 30.3 Å². The average molecular weight is 488 g/mol. The molecular formula is C25H25N7O2S. The number of aromatic nitrogens is 3. The molecule has 4 rings (SSSR count). The lowest BCUT2D eigenvalue weighted by molar-refractivity contribution is 0.102. The number of nitrogens with one attached hydrogen (secondary N) is 2. The summed E-state index contributed by atoms with van der Waals surface area (Å²) < 4.78 is 0. The highest BCUT2D eigenvalue weighted by Gasteiger charge is 2.16. The van der Waals surface area contributed by atoms with Crippen LogP contribution in [0.1, 0.15) is 16.1 Å². The maximum atomic E-state index is 13.1. The van der Waals surface area contributed by atoms with Gasteiger partial charge in [0.05, 0.1) is 13.2 Å². The van der Waals surface area contributed by atoms with Crippen LogP contribution >= 0.6 is 11.3 Å². The molecule has 178 valence electrons. The van der Waals surface area contributed by atoms with E-state index >= 15 is 0 Å². The number of nitrogens with zero attached hydrogens (tertiary/aromatic N) is 4. The number of carbonyl (C=O) groups is 1. The topological polar surface area (TPSA) is 138 Å². The van der Waals surface area contributed by atoms with E-state index in [9.17, 15) is 4.79 Å². The minimum atomic E-state index is -0.331. The molecule has 0 bridgehead atoms. The zero-order valence-electron chi connectivity index (χ0n) is 18.9. The van der Waals surface area contributed by atoms with Gasteiger partial charge in [0.2, 0.25) is 0 Å². The molecule has 4 aromatic rings. The molecule has 2 aromatic carbocycles. The maximum Gasteiger partial charge on any atom is 0.275 e. The zero-order chi connectivity index (χ0) is 24.5. The van der Waals surface area contributed by atoms with Gasteiger partial charge in [-0.15, -0.1) is 11.3 Å². The molecule has 0 fully saturated rings. The van der Waals surface area contributed by atoms with Crippen LogP contribution in [0.3, 0.4) is 0 Å². The summed E-state index contributed by atoms with van der Waals surface area (Å²) in [7, 11) is 0. The van der Waals surface area contributed by atoms with Gasteiger partial charge in [-0.25, -0.2) is 15.0 Å². The van der Waals surface area contributed by atoms with Crippen molar-refractivity contribution < 1.29 is 9.90 Å². The third-order valence-electron chi connectivity index (χ3n) is 5.04. The molecule has 5 N–H and O–H groups in total. The molecule has 10 heteroatoms. The van der Waals surface area contributed by atoms with Crippen LogP contribution < -0.4 is 16.4 Å². The van der Waals surface area contributed by atoms with Crippen molar-refractivity contribution in [1.82, 2.24) is 20.3 Å². The van der Waals surface area contributed by atoms with Gasteiger partial charge >= 0.3 is 0 Å². The van der Waals surface area contributed by atoms with E-state index in [-0.39, 0.29) is 12.5 Å². The summed E-state index contributed by atoms with van der Waals surface area (Å²) in [5.74, 6) is -0.331. The van der Waals surface area contributed by atoms with E-state index in [1.165, 1.54) is 17.7 Å². The van der Waals surface area contributed by atoms with Crippen molar-refractivity contribution in [3.8, 4) is 21.7 Å². The number of aliphatic hydroxyl groups is 1. The molecule has 2 aromatic heterocycles. The molecule has 9 nitrogen and oxygen atoms in total. The number of amides is 1. The summed E-state index contributed by atoms with van der Waals surface area (Å²) in [6.45, 7) is 1.78. The van der Waals surface area contributed by atoms with Gasteiger partial charge < -0.3 is 21.5 Å². The number of nitrogen functional groups attached to an aromatic ring is 1. The van der Waals surface area contributed by atoms with E-state index in [1.807, 2.05) is 42.5 Å². The van der Waals surface area contributed by atoms with Gasteiger partial charge in [-0.3, -0.25) is 9.79 Å². The third-order valence-corrected chi connectivity index (χ3v) is 5.93. The first-order chi connectivity index (χ1) is 17.2. The molecule has 1 amide bonds. The summed E-state index contributed by atoms with van der Waals surface area (Å²) >= 11 is 1.35. The van der Waals surface area contributed by atoms with E-state index < -0.39 is 0 Å². The number of hydrogen-bond acceptors (Lipinski definition) is 9. The Bertz CT molecular complexity index is 1290. The number of hydrogen-bond donors (Lipinski definition) is 4. The second-order valence-electron chi connectivity index (χ2n) is 7.52. The summed E-state index contributed by atoms with van der Waals surface area (Å²) in [5, 5.41) is 17.3. The minimum absolute atomic E-state index is 0.0836. The Morgan fingerprint density at radius 2 is 1.91 bits per heavy atom. The van der Waals surface area contributed by atoms with Crippen LogP contribution in [0.2, 0.25) is 0 Å². The van der Waals surface area contributed by atoms with Crippen molar-refractivity contribution >= 4 is 34.8 Å². The Hall–Kier alpha value is -3.99. The molecule has 0 aliphatic rings. The molecule has 0 unspecified atom stereocenters. The fraction of sp³-hybridized carbons (Fsp3) is 0.160. The van der Waals surface area contributed by atoms with E-state index in [4.69, 9.17) is 10.8 Å². The monoisotopic (exact) mass is 487 g/mol. The normalized spacial score (nSPS) is 11.1. The lowest BCUT2D eigenvalue weighted by Crippen LogP contribution is -2.21. The number of aliphatic hydroxyl groups excluding tert-OH is 1. The molecule has 0 aliphatic heterocycles. The van der Waals surface area contributed by atoms with Gasteiger partial charge in [-0.05, 0) is 17.7 Å². The number of rotatable bonds is 10. The Morgan fingerprint density at radius 1 is 1.11 bits per heavy atom. The SMILES string of the molecule is Nc1cc(-c2ccccc2)c(NC(=O)c2csc(-c3cncnc3)n2)cc1C=NCCNCCO. The van der Waals surface area contributed by atoms with Gasteiger partial charge in [0.25, 0.3) is 5.91 Å². The van der Waals surface area contributed by atoms with Crippen molar-refractivity contribution in [3.05, 3.63) is 77.8 Å². The number of carbonyl (C=O) groups excluding carboxylic acids is 1. The third kappa shape index (κ3) is 6.33. The first kappa shape index (κ1) is 24.1. The Labute approximate surface area is 206 Å². The lowest BCUT2D eigenvalue weighted by Gasteiger charge is -2.14. The van der Waals surface area contributed by atoms with E-state index in [1.54, 1.807) is 24.0 Å². The number of anilines is 2. The molecule has 0 aliphatic carbocycles. The predicted molar refractivity (Wildman–Crippen MR) is 140 cm³/mol. The highest BCUT2D eigenvalue weighted by Crippen LogP contribution is 2.32. The number of thiazole rings is 1. The molecule has 35 heavy (non-hydrogen) atoms. The first-order valence-electron chi connectivity index (χ1n) is 11.0. The van der Waals surface area contributed by atoms with Crippen LogP contribution in [0, 0.1) is 0 Å². The fourth-order valence-corrected chi connectivity index (χ4v) is 4.10. The molecule has 0 saturated carbocycles. The largest absolute Gasteiger partial charge is 0.398 e. The van der Waals surface area contributed by atoms with Crippen molar-refractivity contribution in [1.29, 1.82) is 0 Å². The highest BCUT2D eigenvalue weighted by molar-refractivity contribution is 7.13. The van der Waals surface area contributed by atoms with Crippen LogP contribution in [0.25, 0.3) is 21.7 Å². The number of nitrogens with two attached hydrogens (primary N) is 1. The standard InChI is InChI=1S/C25H25N7O2S/c26-21-11-20(17-4-2-1-3-5-17)22(10-18(21)12-28-7-6-27-8-9-33)31-24(34)23-15-35-25(32-23)19-13-29-16-30-14-19/h1-5,10-16,27,33H,6-9,26H2,(H,31,34). The number of aliphatic imine (C=N–C) groups is 1. The predicted octanol–water partition coefficient (Wildman–Crippen LogP) is 3.10. The molecule has 0 atom stereocenters. The Morgan fingerprint density at radius 3 is 2.69 bits per heavy atom. The quantitative estimate of drug-likeness (QED) is 0.153. The van der Waals surface area contributed by atoms with Crippen molar-refractivity contribution in [2.24, 2.45) is 4.99 Å². The van der Waals surface area contributed by atoms with Crippen molar-refractivity contribution in [2.45, 2.75) is 0 Å². The van der Waals surface area contributed by atoms with Crippen LogP contribution in [0.15, 0.2) is 71.6 Å². The van der Waals surface area contributed by atoms with Gasteiger partial charge in [0.15, 0.2) is 0 Å². The average Bonchev–Trinajstić information content (AvgIpc) is 3.39. The molecule has 0 saturated heterocycles. The number of benzene rings is 2. The van der Waals surface area contributed by atoms with Gasteiger partial charge in [0.1, 0.15) is 17.0 Å². The van der Waals surface area contributed by atoms with Crippen molar-refractivity contribution in [3.63, 3.8) is 0 Å². The Balaban J connectivity index is 1.59. The highest BCUT2D eigenvalue weighted by atomic mass is 32.1. The molecule has 0 spiro atoms. The van der Waals surface area contributed by atoms with Gasteiger partial charge in [0, 0.05) is 65.1 Å². The van der Waals surface area contributed by atoms with E-state index in [0.29, 0.717) is 47.3 Å². The first-order valence-corrected chi connectivity index (χ1v) is 11.9. The second kappa shape index (κ2) is 11.9. The summed E-state index contributed by atoms with van der Waals surface area (Å²) in [4.78, 5) is 30.0. The van der Waals surface area contributed by atoms with E-state index in [2.05, 4.69) is 30.6 Å². The van der Waals surface area contributed by atoms with Crippen LogP contribution in [-0.4, -0.2) is 58.4 Å². The molecule has 2 heterocycles. The second-order valence-corrected chi connectivity index (χ2v) is 8.38. The van der Waals surface area contributed by atoms with Crippen LogP contribution in [-0.2, 0) is 0 Å². The fourth-order valence-electron chi connectivity index (χ4n) is 3.32. The Kier molecular flexibility index (Phi) is 8.23. The lowest BCUT2D eigenvalue weighted by atomic mass is 10.00. The van der Waals surface area contributed by atoms with Crippen LogP contribution in [0.4, 0.5) is 11.4 Å². The minimum Gasteiger partial charge on any atom is -0.398 e. The zero-order valence-corrected chi connectivity index (χ0v) is 19.7. The smallest absolute Gasteiger partial charge is 0.275 e. The van der Waals surface area contributed by atoms with E-state index in [0.717, 1.165) is 16.7 Å². The summed E-state index contributed by atoms with van der Waals surface area (Å²) in [6, 6.07) is 13.4.